The summed E-state index contributed by atoms with van der Waals surface area (Å²) < 4.78 is 9.62. The van der Waals surface area contributed by atoms with Crippen molar-refractivity contribution in [1.29, 1.82) is 0 Å². The lowest BCUT2D eigenvalue weighted by atomic mass is 10.2. The van der Waals surface area contributed by atoms with Crippen LogP contribution in [0.4, 0.5) is 0 Å². The molecule has 2 rings (SSSR count). The molecule has 0 aromatic heterocycles. The summed E-state index contributed by atoms with van der Waals surface area (Å²) in [4.78, 5) is 33.9. The predicted molar refractivity (Wildman–Crippen MR) is 63.7 cm³/mol. The summed E-state index contributed by atoms with van der Waals surface area (Å²) in [6.45, 7) is -0.163. The van der Waals surface area contributed by atoms with E-state index in [0.29, 0.717) is 0 Å². The van der Waals surface area contributed by atoms with Crippen LogP contribution in [0.15, 0.2) is 30.3 Å². The van der Waals surface area contributed by atoms with Crippen molar-refractivity contribution in [2.75, 3.05) is 6.61 Å². The predicted octanol–water partition coefficient (Wildman–Crippen LogP) is 0.161. The number of carbonyl (C=O) groups is 3. The second kappa shape index (κ2) is 5.99. The molecule has 1 aliphatic rings. The largest absolute Gasteiger partial charge is 0.461 e. The molecule has 6 nitrogen and oxygen atoms in total. The van der Waals surface area contributed by atoms with Crippen LogP contribution in [0, 0.1) is 0 Å². The highest BCUT2D eigenvalue weighted by atomic mass is 16.5. The summed E-state index contributed by atoms with van der Waals surface area (Å²) in [5.74, 6) is -1.59. The van der Waals surface area contributed by atoms with Gasteiger partial charge in [-0.3, -0.25) is 9.59 Å². The van der Waals surface area contributed by atoms with Gasteiger partial charge in [-0.25, -0.2) is 4.79 Å². The van der Waals surface area contributed by atoms with Crippen LogP contribution in [0.25, 0.3) is 0 Å². The summed E-state index contributed by atoms with van der Waals surface area (Å²) in [5, 5.41) is 2.38. The van der Waals surface area contributed by atoms with Crippen LogP contribution in [0.5, 0.6) is 0 Å². The van der Waals surface area contributed by atoms with Crippen molar-refractivity contribution >= 4 is 17.8 Å². The third-order valence-corrected chi connectivity index (χ3v) is 2.58. The number of carbonyl (C=O) groups excluding carboxylic acids is 3. The highest BCUT2D eigenvalue weighted by Gasteiger charge is 2.30. The fraction of sp³-hybridized carbons (Fsp3) is 0.308. The number of amides is 1. The first-order valence-electron chi connectivity index (χ1n) is 5.80. The number of benzene rings is 1. The molecule has 0 bridgehead atoms. The molecule has 1 atom stereocenters. The Morgan fingerprint density at radius 1 is 1.32 bits per heavy atom. The Morgan fingerprint density at radius 3 is 2.79 bits per heavy atom. The molecule has 1 N–H and O–H groups in total. The van der Waals surface area contributed by atoms with Crippen LogP contribution in [0.3, 0.4) is 0 Å². The Labute approximate surface area is 109 Å². The molecule has 1 amide bonds. The van der Waals surface area contributed by atoms with Gasteiger partial charge in [-0.1, -0.05) is 30.3 Å². The number of hydrogen-bond acceptors (Lipinski definition) is 5. The minimum absolute atomic E-state index is 0.134. The zero-order valence-corrected chi connectivity index (χ0v) is 10.1. The van der Waals surface area contributed by atoms with E-state index in [9.17, 15) is 14.4 Å². The molecule has 1 aliphatic heterocycles. The van der Waals surface area contributed by atoms with Gasteiger partial charge < -0.3 is 14.8 Å². The Hall–Kier alpha value is -2.37. The number of cyclic esters (lactones) is 1. The van der Waals surface area contributed by atoms with Crippen LogP contribution in [0.1, 0.15) is 12.0 Å². The molecule has 0 aliphatic carbocycles. The van der Waals surface area contributed by atoms with Crippen LogP contribution >= 0.6 is 0 Å². The van der Waals surface area contributed by atoms with Crippen molar-refractivity contribution in [2.45, 2.75) is 19.1 Å². The molecule has 1 aromatic rings. The van der Waals surface area contributed by atoms with Gasteiger partial charge in [0.15, 0.2) is 6.61 Å². The highest BCUT2D eigenvalue weighted by Crippen LogP contribution is 2.06. The zero-order chi connectivity index (χ0) is 13.7. The number of hydrogen-bond donors (Lipinski definition) is 1. The maximum Gasteiger partial charge on any atom is 0.329 e. The van der Waals surface area contributed by atoms with Gasteiger partial charge >= 0.3 is 11.9 Å². The van der Waals surface area contributed by atoms with E-state index >= 15 is 0 Å². The van der Waals surface area contributed by atoms with Gasteiger partial charge in [0.2, 0.25) is 0 Å². The third kappa shape index (κ3) is 3.80. The van der Waals surface area contributed by atoms with E-state index in [-0.39, 0.29) is 19.6 Å². The molecular weight excluding hydrogens is 250 g/mol. The van der Waals surface area contributed by atoms with Crippen molar-refractivity contribution in [1.82, 2.24) is 5.32 Å². The average molecular weight is 263 g/mol. The van der Waals surface area contributed by atoms with E-state index in [0.717, 1.165) is 5.56 Å². The zero-order valence-electron chi connectivity index (χ0n) is 10.1. The minimum Gasteiger partial charge on any atom is -0.461 e. The molecule has 0 saturated carbocycles. The number of nitrogens with one attached hydrogen (secondary N) is 1. The number of esters is 2. The van der Waals surface area contributed by atoms with E-state index in [1.54, 1.807) is 0 Å². The average Bonchev–Trinajstić information content (AvgIpc) is 2.42. The second-order valence-corrected chi connectivity index (χ2v) is 4.08. The Balaban J connectivity index is 1.81. The summed E-state index contributed by atoms with van der Waals surface area (Å²) in [6.07, 6.45) is -0.225. The van der Waals surface area contributed by atoms with Gasteiger partial charge in [0, 0.05) is 0 Å². The normalized spacial score (nSPS) is 18.4. The van der Waals surface area contributed by atoms with E-state index < -0.39 is 23.9 Å². The highest BCUT2D eigenvalue weighted by molar-refractivity contribution is 5.92. The monoisotopic (exact) mass is 263 g/mol. The van der Waals surface area contributed by atoms with Gasteiger partial charge in [0.05, 0.1) is 6.42 Å². The Bertz CT molecular complexity index is 485. The molecular formula is C13H13NO5. The fourth-order valence-corrected chi connectivity index (χ4v) is 1.63. The molecule has 1 aromatic carbocycles. The smallest absolute Gasteiger partial charge is 0.329 e. The summed E-state index contributed by atoms with van der Waals surface area (Å²) >= 11 is 0. The van der Waals surface area contributed by atoms with E-state index in [1.165, 1.54) is 0 Å². The lowest BCUT2D eigenvalue weighted by Crippen LogP contribution is -2.50. The summed E-state index contributed by atoms with van der Waals surface area (Å²) in [7, 11) is 0. The van der Waals surface area contributed by atoms with Crippen LogP contribution in [0.2, 0.25) is 0 Å². The molecule has 19 heavy (non-hydrogen) atoms. The van der Waals surface area contributed by atoms with E-state index in [4.69, 9.17) is 4.74 Å². The minimum atomic E-state index is -0.954. The van der Waals surface area contributed by atoms with Gasteiger partial charge in [0.1, 0.15) is 12.6 Å². The second-order valence-electron chi connectivity index (χ2n) is 4.08. The summed E-state index contributed by atoms with van der Waals surface area (Å²) in [6, 6.07) is 8.22. The molecule has 100 valence electrons. The van der Waals surface area contributed by atoms with Crippen molar-refractivity contribution in [3.63, 3.8) is 0 Å². The standard InChI is InChI=1S/C13H13NO5/c15-11-8-19-13(17)10(14-11)6-12(16)18-7-9-4-2-1-3-5-9/h1-5,10H,6-8H2,(H,14,15)/t10-/m1/s1. The first kappa shape index (κ1) is 13.1. The SMILES string of the molecule is O=C1COC(=O)[C@@H](CC(=O)OCc2ccccc2)N1. The lowest BCUT2D eigenvalue weighted by Gasteiger charge is -2.21. The van der Waals surface area contributed by atoms with Crippen molar-refractivity contribution in [3.8, 4) is 0 Å². The third-order valence-electron chi connectivity index (χ3n) is 2.58. The maximum absolute atomic E-state index is 11.6. The fourth-order valence-electron chi connectivity index (χ4n) is 1.63. The van der Waals surface area contributed by atoms with Crippen molar-refractivity contribution in [3.05, 3.63) is 35.9 Å². The first-order valence-corrected chi connectivity index (χ1v) is 5.80. The number of rotatable bonds is 4. The number of morpholine rings is 1. The van der Waals surface area contributed by atoms with Crippen LogP contribution in [-0.2, 0) is 30.5 Å². The maximum atomic E-state index is 11.6. The quantitative estimate of drug-likeness (QED) is 0.783. The van der Waals surface area contributed by atoms with Gasteiger partial charge in [0.25, 0.3) is 5.91 Å². The molecule has 1 saturated heterocycles. The Kier molecular flexibility index (Phi) is 4.12. The van der Waals surface area contributed by atoms with Crippen molar-refractivity contribution < 1.29 is 23.9 Å². The Morgan fingerprint density at radius 2 is 2.05 bits per heavy atom. The first-order chi connectivity index (χ1) is 9.15. The molecule has 1 fully saturated rings. The summed E-state index contributed by atoms with van der Waals surface area (Å²) in [5.41, 5.74) is 0.853. The van der Waals surface area contributed by atoms with Gasteiger partial charge in [-0.15, -0.1) is 0 Å². The van der Waals surface area contributed by atoms with Crippen LogP contribution < -0.4 is 5.32 Å². The van der Waals surface area contributed by atoms with Gasteiger partial charge in [-0.05, 0) is 5.56 Å². The van der Waals surface area contributed by atoms with Crippen molar-refractivity contribution in [2.24, 2.45) is 0 Å². The molecule has 0 spiro atoms. The van der Waals surface area contributed by atoms with E-state index in [2.05, 4.69) is 10.1 Å². The molecule has 1 heterocycles. The van der Waals surface area contributed by atoms with Gasteiger partial charge in [-0.2, -0.15) is 0 Å². The molecule has 6 heteroatoms. The topological polar surface area (TPSA) is 81.7 Å². The van der Waals surface area contributed by atoms with Crippen LogP contribution in [-0.4, -0.2) is 30.5 Å². The molecule has 0 radical (unpaired) electrons. The molecule has 0 unspecified atom stereocenters. The lowest BCUT2D eigenvalue weighted by molar-refractivity contribution is -0.161. The van der Waals surface area contributed by atoms with E-state index in [1.807, 2.05) is 30.3 Å². The number of ether oxygens (including phenoxy) is 2.